The van der Waals surface area contributed by atoms with Gasteiger partial charge < -0.3 is 4.57 Å². The predicted molar refractivity (Wildman–Crippen MR) is 125 cm³/mol. The first-order valence-corrected chi connectivity index (χ1v) is 11.1. The molecule has 0 bridgehead atoms. The third kappa shape index (κ3) is 4.45. The van der Waals surface area contributed by atoms with E-state index in [2.05, 4.69) is 18.4 Å². The summed E-state index contributed by atoms with van der Waals surface area (Å²) in [7, 11) is 0. The van der Waals surface area contributed by atoms with Crippen LogP contribution in [0.25, 0.3) is 17.0 Å². The highest BCUT2D eigenvalue weighted by molar-refractivity contribution is 8.18. The molecule has 0 spiro atoms. The van der Waals surface area contributed by atoms with Gasteiger partial charge in [0.15, 0.2) is 5.78 Å². The number of hydrogen-bond donors (Lipinski definition) is 0. The minimum atomic E-state index is -0.446. The second-order valence-electron chi connectivity index (χ2n) is 7.85. The summed E-state index contributed by atoms with van der Waals surface area (Å²) in [5, 5.41) is 1.10. The van der Waals surface area contributed by atoms with E-state index >= 15 is 0 Å². The Morgan fingerprint density at radius 1 is 1.10 bits per heavy atom. The van der Waals surface area contributed by atoms with Crippen molar-refractivity contribution in [2.24, 2.45) is 5.92 Å². The Morgan fingerprint density at radius 2 is 1.81 bits per heavy atom. The van der Waals surface area contributed by atoms with Gasteiger partial charge in [0.1, 0.15) is 0 Å². The molecule has 2 amide bonds. The summed E-state index contributed by atoms with van der Waals surface area (Å²) in [6.07, 6.45) is 3.76. The number of amides is 2. The van der Waals surface area contributed by atoms with Crippen molar-refractivity contribution in [3.05, 3.63) is 75.8 Å². The minimum Gasteiger partial charge on any atom is -0.347 e. The number of imide groups is 1. The van der Waals surface area contributed by atoms with Gasteiger partial charge in [-0.2, -0.15) is 0 Å². The van der Waals surface area contributed by atoms with Crippen LogP contribution in [-0.4, -0.2) is 32.9 Å². The lowest BCUT2D eigenvalue weighted by Crippen LogP contribution is -2.33. The summed E-state index contributed by atoms with van der Waals surface area (Å²) >= 11 is 6.72. The van der Waals surface area contributed by atoms with Gasteiger partial charge in [0.25, 0.3) is 11.1 Å². The maximum atomic E-state index is 12.9. The maximum absolute atomic E-state index is 12.9. The van der Waals surface area contributed by atoms with Crippen LogP contribution in [0.5, 0.6) is 0 Å². The molecule has 1 aliphatic rings. The summed E-state index contributed by atoms with van der Waals surface area (Å²) < 4.78 is 2.17. The van der Waals surface area contributed by atoms with Crippen LogP contribution in [0, 0.1) is 5.92 Å². The Balaban J connectivity index is 1.60. The van der Waals surface area contributed by atoms with Gasteiger partial charge in [-0.25, -0.2) is 0 Å². The van der Waals surface area contributed by atoms with Gasteiger partial charge in [-0.1, -0.05) is 43.6 Å². The second kappa shape index (κ2) is 8.73. The Bertz CT molecular complexity index is 1210. The Morgan fingerprint density at radius 3 is 2.52 bits per heavy atom. The SMILES string of the molecule is CC(C)Cn1cc(/C=C2\SC(=O)N(CC(=O)c3ccc(Cl)cc3)C2=O)c2ccccc21. The molecule has 2 aromatic carbocycles. The first-order valence-electron chi connectivity index (χ1n) is 9.95. The van der Waals surface area contributed by atoms with E-state index in [0.717, 1.165) is 39.7 Å². The van der Waals surface area contributed by atoms with E-state index in [1.165, 1.54) is 0 Å². The average Bonchev–Trinajstić information content (AvgIpc) is 3.20. The third-order valence-corrected chi connectivity index (χ3v) is 6.17. The third-order valence-electron chi connectivity index (χ3n) is 5.01. The molecule has 7 heteroatoms. The number of ketones is 1. The number of hydrogen-bond acceptors (Lipinski definition) is 4. The molecule has 1 aliphatic heterocycles. The van der Waals surface area contributed by atoms with Crippen LogP contribution in [0.15, 0.2) is 59.6 Å². The van der Waals surface area contributed by atoms with E-state index in [1.807, 2.05) is 30.5 Å². The van der Waals surface area contributed by atoms with Crippen LogP contribution in [0.3, 0.4) is 0 Å². The Hall–Kier alpha value is -2.83. The topological polar surface area (TPSA) is 59.4 Å². The molecule has 0 saturated carbocycles. The summed E-state index contributed by atoms with van der Waals surface area (Å²) in [6.45, 7) is 4.86. The lowest BCUT2D eigenvalue weighted by Gasteiger charge is -2.11. The molecular weight excluding hydrogens is 432 g/mol. The van der Waals surface area contributed by atoms with Crippen molar-refractivity contribution in [1.29, 1.82) is 0 Å². The molecule has 1 saturated heterocycles. The summed E-state index contributed by atoms with van der Waals surface area (Å²) in [5.41, 5.74) is 2.37. The van der Waals surface area contributed by atoms with Gasteiger partial charge >= 0.3 is 0 Å². The van der Waals surface area contributed by atoms with Gasteiger partial charge in [-0.3, -0.25) is 19.3 Å². The van der Waals surface area contributed by atoms with Crippen molar-refractivity contribution in [1.82, 2.24) is 9.47 Å². The standard InChI is InChI=1S/C24H21ClN2O3S/c1-15(2)12-26-13-17(19-5-3-4-6-20(19)26)11-22-23(29)27(24(30)31-22)14-21(28)16-7-9-18(25)10-8-16/h3-11,13,15H,12,14H2,1-2H3/b22-11-. The highest BCUT2D eigenvalue weighted by Gasteiger charge is 2.36. The Kier molecular flexibility index (Phi) is 6.03. The highest BCUT2D eigenvalue weighted by atomic mass is 35.5. The van der Waals surface area contributed by atoms with Crippen LogP contribution < -0.4 is 0 Å². The number of halogens is 1. The number of aromatic nitrogens is 1. The molecule has 3 aromatic rings. The smallest absolute Gasteiger partial charge is 0.293 e. The molecule has 5 nitrogen and oxygen atoms in total. The number of benzene rings is 2. The number of nitrogens with zero attached hydrogens (tertiary/aromatic N) is 2. The number of Topliss-reactive ketones (excluding diaryl/α,β-unsaturated/α-hetero) is 1. The molecule has 0 N–H and O–H groups in total. The molecule has 158 valence electrons. The maximum Gasteiger partial charge on any atom is 0.293 e. The molecule has 1 aromatic heterocycles. The van der Waals surface area contributed by atoms with Crippen LogP contribution in [-0.2, 0) is 11.3 Å². The normalized spacial score (nSPS) is 15.6. The van der Waals surface area contributed by atoms with Gasteiger partial charge in [-0.15, -0.1) is 0 Å². The zero-order chi connectivity index (χ0) is 22.1. The van der Waals surface area contributed by atoms with Crippen LogP contribution in [0.1, 0.15) is 29.8 Å². The zero-order valence-corrected chi connectivity index (χ0v) is 18.7. The number of rotatable bonds is 6. The van der Waals surface area contributed by atoms with Crippen molar-refractivity contribution >= 4 is 57.3 Å². The summed E-state index contributed by atoms with van der Waals surface area (Å²) in [6, 6.07) is 14.4. The fourth-order valence-corrected chi connectivity index (χ4v) is 4.54. The number of thioether (sulfide) groups is 1. The fraction of sp³-hybridized carbons (Fsp3) is 0.208. The number of para-hydroxylation sites is 1. The quantitative estimate of drug-likeness (QED) is 0.346. The van der Waals surface area contributed by atoms with E-state index in [4.69, 9.17) is 11.6 Å². The monoisotopic (exact) mass is 452 g/mol. The molecule has 4 rings (SSSR count). The summed E-state index contributed by atoms with van der Waals surface area (Å²) in [5.74, 6) is -0.290. The van der Waals surface area contributed by atoms with E-state index in [1.54, 1.807) is 30.3 Å². The van der Waals surface area contributed by atoms with Crippen LogP contribution in [0.2, 0.25) is 5.02 Å². The molecule has 0 atom stereocenters. The molecule has 0 radical (unpaired) electrons. The van der Waals surface area contributed by atoms with Crippen LogP contribution >= 0.6 is 23.4 Å². The van der Waals surface area contributed by atoms with E-state index in [0.29, 0.717) is 21.4 Å². The first kappa shape index (κ1) is 21.4. The summed E-state index contributed by atoms with van der Waals surface area (Å²) in [4.78, 5) is 39.2. The zero-order valence-electron chi connectivity index (χ0n) is 17.2. The van der Waals surface area contributed by atoms with Gasteiger partial charge in [0, 0.05) is 39.8 Å². The van der Waals surface area contributed by atoms with Crippen molar-refractivity contribution in [2.75, 3.05) is 6.54 Å². The molecule has 31 heavy (non-hydrogen) atoms. The van der Waals surface area contributed by atoms with Gasteiger partial charge in [0.2, 0.25) is 0 Å². The molecule has 2 heterocycles. The number of carbonyl (C=O) groups excluding carboxylic acids is 3. The van der Waals surface area contributed by atoms with Gasteiger partial charge in [-0.05, 0) is 54.1 Å². The fourth-order valence-electron chi connectivity index (χ4n) is 3.58. The minimum absolute atomic E-state index is 0.293. The molecule has 0 unspecified atom stereocenters. The highest BCUT2D eigenvalue weighted by Crippen LogP contribution is 2.34. The largest absolute Gasteiger partial charge is 0.347 e. The lowest BCUT2D eigenvalue weighted by molar-refractivity contribution is -0.122. The lowest BCUT2D eigenvalue weighted by atomic mass is 10.1. The average molecular weight is 453 g/mol. The van der Waals surface area contributed by atoms with Crippen molar-refractivity contribution in [3.63, 3.8) is 0 Å². The number of fused-ring (bicyclic) bond motifs is 1. The number of carbonyl (C=O) groups is 3. The van der Waals surface area contributed by atoms with Crippen LogP contribution in [0.4, 0.5) is 4.79 Å². The molecule has 0 aliphatic carbocycles. The van der Waals surface area contributed by atoms with E-state index in [9.17, 15) is 14.4 Å². The first-order chi connectivity index (χ1) is 14.8. The molecule has 1 fully saturated rings. The van der Waals surface area contributed by atoms with Crippen molar-refractivity contribution < 1.29 is 14.4 Å². The van der Waals surface area contributed by atoms with Gasteiger partial charge in [0.05, 0.1) is 11.4 Å². The second-order valence-corrected chi connectivity index (χ2v) is 9.28. The van der Waals surface area contributed by atoms with Crippen molar-refractivity contribution in [2.45, 2.75) is 20.4 Å². The van der Waals surface area contributed by atoms with E-state index in [-0.39, 0.29) is 12.3 Å². The Labute approximate surface area is 189 Å². The molecular formula is C24H21ClN2O3S. The predicted octanol–water partition coefficient (Wildman–Crippen LogP) is 5.87. The van der Waals surface area contributed by atoms with E-state index < -0.39 is 11.1 Å². The van der Waals surface area contributed by atoms with Crippen molar-refractivity contribution in [3.8, 4) is 0 Å².